The largest absolute Gasteiger partial charge is 0.377 e. The standard InChI is InChI=1S/C15H19NO2/c1-2-4-14(5-3-1)6-9-16-10-7-15(8-11-16)17-12-13-18-15/h1-6,9H,7-8,10-13H2/b9-6+. The minimum atomic E-state index is -0.267. The van der Waals surface area contributed by atoms with E-state index in [0.29, 0.717) is 0 Å². The average molecular weight is 245 g/mol. The van der Waals surface area contributed by atoms with Crippen molar-refractivity contribution >= 4 is 6.08 Å². The summed E-state index contributed by atoms with van der Waals surface area (Å²) in [5, 5.41) is 0. The smallest absolute Gasteiger partial charge is 0.171 e. The van der Waals surface area contributed by atoms with Gasteiger partial charge in [-0.15, -0.1) is 0 Å². The topological polar surface area (TPSA) is 21.7 Å². The lowest BCUT2D eigenvalue weighted by Gasteiger charge is -2.37. The lowest BCUT2D eigenvalue weighted by molar-refractivity contribution is -0.181. The van der Waals surface area contributed by atoms with Gasteiger partial charge in [-0.3, -0.25) is 0 Å². The lowest BCUT2D eigenvalue weighted by Crippen LogP contribution is -2.43. The molecule has 0 bridgehead atoms. The molecule has 1 aromatic carbocycles. The third-order valence-electron chi connectivity index (χ3n) is 3.65. The SMILES string of the molecule is C(=C\N1CCC2(CC1)OCCO2)/c1ccccc1. The van der Waals surface area contributed by atoms with Crippen LogP contribution in [0.5, 0.6) is 0 Å². The number of nitrogens with zero attached hydrogens (tertiary/aromatic N) is 1. The van der Waals surface area contributed by atoms with Gasteiger partial charge in [0.2, 0.25) is 0 Å². The van der Waals surface area contributed by atoms with Crippen LogP contribution in [0.15, 0.2) is 36.5 Å². The van der Waals surface area contributed by atoms with Crippen LogP contribution in [0.1, 0.15) is 18.4 Å². The van der Waals surface area contributed by atoms with Crippen molar-refractivity contribution < 1.29 is 9.47 Å². The molecule has 3 nitrogen and oxygen atoms in total. The summed E-state index contributed by atoms with van der Waals surface area (Å²) in [5.41, 5.74) is 1.24. The lowest BCUT2D eigenvalue weighted by atomic mass is 10.0. The molecule has 0 atom stereocenters. The monoisotopic (exact) mass is 245 g/mol. The van der Waals surface area contributed by atoms with Crippen LogP contribution in [0.4, 0.5) is 0 Å². The first-order chi connectivity index (χ1) is 8.86. The summed E-state index contributed by atoms with van der Waals surface area (Å²) in [4.78, 5) is 2.34. The minimum absolute atomic E-state index is 0.267. The van der Waals surface area contributed by atoms with Crippen molar-refractivity contribution in [1.29, 1.82) is 0 Å². The van der Waals surface area contributed by atoms with E-state index in [1.165, 1.54) is 5.56 Å². The van der Waals surface area contributed by atoms with Gasteiger partial charge in [0.1, 0.15) is 0 Å². The Labute approximate surface area is 108 Å². The van der Waals surface area contributed by atoms with E-state index in [0.717, 1.165) is 39.1 Å². The highest BCUT2D eigenvalue weighted by atomic mass is 16.7. The molecule has 1 spiro atoms. The summed E-state index contributed by atoms with van der Waals surface area (Å²) < 4.78 is 11.4. The van der Waals surface area contributed by atoms with Gasteiger partial charge in [-0.05, 0) is 17.8 Å². The molecular weight excluding hydrogens is 226 g/mol. The van der Waals surface area contributed by atoms with Crippen molar-refractivity contribution in [1.82, 2.24) is 4.90 Å². The molecule has 0 aliphatic carbocycles. The molecule has 2 aliphatic rings. The molecule has 0 unspecified atom stereocenters. The van der Waals surface area contributed by atoms with E-state index in [4.69, 9.17) is 9.47 Å². The molecule has 3 heteroatoms. The van der Waals surface area contributed by atoms with Crippen LogP contribution in [-0.4, -0.2) is 37.0 Å². The van der Waals surface area contributed by atoms with E-state index >= 15 is 0 Å². The number of hydrogen-bond donors (Lipinski definition) is 0. The van der Waals surface area contributed by atoms with Crippen molar-refractivity contribution in [2.45, 2.75) is 18.6 Å². The summed E-state index contributed by atoms with van der Waals surface area (Å²) in [6.45, 7) is 3.51. The fourth-order valence-electron chi connectivity index (χ4n) is 2.56. The van der Waals surface area contributed by atoms with Crippen molar-refractivity contribution in [2.75, 3.05) is 26.3 Å². The number of piperidine rings is 1. The predicted octanol–water partition coefficient (Wildman–Crippen LogP) is 2.50. The Bertz CT molecular complexity index is 400. The zero-order chi connectivity index (χ0) is 12.3. The Morgan fingerprint density at radius 3 is 2.33 bits per heavy atom. The summed E-state index contributed by atoms with van der Waals surface area (Å²) in [7, 11) is 0. The van der Waals surface area contributed by atoms with E-state index in [1.807, 2.05) is 6.07 Å². The normalized spacial score (nSPS) is 23.0. The highest BCUT2D eigenvalue weighted by molar-refractivity contribution is 5.48. The summed E-state index contributed by atoms with van der Waals surface area (Å²) in [5.74, 6) is -0.267. The molecule has 96 valence electrons. The van der Waals surface area contributed by atoms with Crippen molar-refractivity contribution in [3.05, 3.63) is 42.1 Å². The molecule has 18 heavy (non-hydrogen) atoms. The first kappa shape index (κ1) is 11.8. The second kappa shape index (κ2) is 5.12. The van der Waals surface area contributed by atoms with E-state index in [-0.39, 0.29) is 5.79 Å². The van der Waals surface area contributed by atoms with Gasteiger partial charge in [0.15, 0.2) is 5.79 Å². The Morgan fingerprint density at radius 1 is 1.00 bits per heavy atom. The second-order valence-electron chi connectivity index (χ2n) is 4.87. The van der Waals surface area contributed by atoms with Gasteiger partial charge in [0, 0.05) is 25.9 Å². The average Bonchev–Trinajstić information content (AvgIpc) is 2.88. The van der Waals surface area contributed by atoms with Gasteiger partial charge in [-0.1, -0.05) is 30.3 Å². The number of rotatable bonds is 2. The van der Waals surface area contributed by atoms with Gasteiger partial charge < -0.3 is 14.4 Å². The first-order valence-electron chi connectivity index (χ1n) is 6.62. The molecule has 0 amide bonds. The maximum atomic E-state index is 5.72. The third kappa shape index (κ3) is 2.57. The Hall–Kier alpha value is -1.32. The number of ether oxygens (including phenoxy) is 2. The molecule has 1 aromatic rings. The van der Waals surface area contributed by atoms with Crippen molar-refractivity contribution in [3.8, 4) is 0 Å². The molecule has 2 fully saturated rings. The highest BCUT2D eigenvalue weighted by Gasteiger charge is 2.39. The molecular formula is C15H19NO2. The summed E-state index contributed by atoms with van der Waals surface area (Å²) in [6, 6.07) is 10.4. The molecule has 0 radical (unpaired) electrons. The van der Waals surface area contributed by atoms with Gasteiger partial charge in [0.25, 0.3) is 0 Å². The van der Waals surface area contributed by atoms with Crippen LogP contribution >= 0.6 is 0 Å². The van der Waals surface area contributed by atoms with Gasteiger partial charge in [0.05, 0.1) is 13.2 Å². The molecule has 0 aromatic heterocycles. The van der Waals surface area contributed by atoms with Gasteiger partial charge >= 0.3 is 0 Å². The summed E-state index contributed by atoms with van der Waals surface area (Å²) in [6.07, 6.45) is 6.27. The Kier molecular flexibility index (Phi) is 3.35. The minimum Gasteiger partial charge on any atom is -0.377 e. The van der Waals surface area contributed by atoms with E-state index in [2.05, 4.69) is 41.4 Å². The van der Waals surface area contributed by atoms with Crippen LogP contribution in [-0.2, 0) is 9.47 Å². The molecule has 2 heterocycles. The molecule has 0 saturated carbocycles. The van der Waals surface area contributed by atoms with E-state index in [1.54, 1.807) is 0 Å². The molecule has 2 saturated heterocycles. The Morgan fingerprint density at radius 2 is 1.67 bits per heavy atom. The predicted molar refractivity (Wildman–Crippen MR) is 70.9 cm³/mol. The number of likely N-dealkylation sites (tertiary alicyclic amines) is 1. The van der Waals surface area contributed by atoms with Crippen molar-refractivity contribution in [3.63, 3.8) is 0 Å². The van der Waals surface area contributed by atoms with Crippen LogP contribution in [0, 0.1) is 0 Å². The third-order valence-corrected chi connectivity index (χ3v) is 3.65. The Balaban J connectivity index is 1.55. The zero-order valence-electron chi connectivity index (χ0n) is 10.5. The van der Waals surface area contributed by atoms with Crippen LogP contribution < -0.4 is 0 Å². The van der Waals surface area contributed by atoms with Crippen molar-refractivity contribution in [2.24, 2.45) is 0 Å². The van der Waals surface area contributed by atoms with Gasteiger partial charge in [-0.25, -0.2) is 0 Å². The maximum absolute atomic E-state index is 5.72. The highest BCUT2D eigenvalue weighted by Crippen LogP contribution is 2.31. The van der Waals surface area contributed by atoms with E-state index < -0.39 is 0 Å². The quantitative estimate of drug-likeness (QED) is 0.799. The fraction of sp³-hybridized carbons (Fsp3) is 0.467. The second-order valence-corrected chi connectivity index (χ2v) is 4.87. The number of hydrogen-bond acceptors (Lipinski definition) is 3. The maximum Gasteiger partial charge on any atom is 0.171 e. The van der Waals surface area contributed by atoms with Gasteiger partial charge in [-0.2, -0.15) is 0 Å². The van der Waals surface area contributed by atoms with Crippen LogP contribution in [0.3, 0.4) is 0 Å². The fourth-order valence-corrected chi connectivity index (χ4v) is 2.56. The van der Waals surface area contributed by atoms with Crippen LogP contribution in [0.25, 0.3) is 6.08 Å². The summed E-state index contributed by atoms with van der Waals surface area (Å²) >= 11 is 0. The van der Waals surface area contributed by atoms with Crippen LogP contribution in [0.2, 0.25) is 0 Å². The molecule has 2 aliphatic heterocycles. The number of benzene rings is 1. The molecule has 0 N–H and O–H groups in total. The molecule has 3 rings (SSSR count). The first-order valence-corrected chi connectivity index (χ1v) is 6.62. The zero-order valence-corrected chi connectivity index (χ0v) is 10.5. The van der Waals surface area contributed by atoms with E-state index in [9.17, 15) is 0 Å².